The lowest BCUT2D eigenvalue weighted by Gasteiger charge is -2.34. The van der Waals surface area contributed by atoms with E-state index < -0.39 is 11.5 Å². The zero-order valence-electron chi connectivity index (χ0n) is 9.06. The second kappa shape index (κ2) is 3.09. The second-order valence-electron chi connectivity index (χ2n) is 4.69. The van der Waals surface area contributed by atoms with Crippen molar-refractivity contribution >= 4 is 5.97 Å². The van der Waals surface area contributed by atoms with Crippen LogP contribution in [0.4, 0.5) is 0 Å². The van der Waals surface area contributed by atoms with E-state index in [0.717, 1.165) is 17.9 Å². The van der Waals surface area contributed by atoms with Gasteiger partial charge >= 0.3 is 5.97 Å². The first kappa shape index (κ1) is 9.86. The van der Waals surface area contributed by atoms with Gasteiger partial charge in [0.25, 0.3) is 0 Å². The average molecular weight is 222 g/mol. The summed E-state index contributed by atoms with van der Waals surface area (Å²) in [5.41, 5.74) is 0.205. The quantitative estimate of drug-likeness (QED) is 0.712. The highest BCUT2D eigenvalue weighted by atomic mass is 16.4. The van der Waals surface area contributed by atoms with Crippen LogP contribution in [0.3, 0.4) is 0 Å². The van der Waals surface area contributed by atoms with Crippen LogP contribution in [0.25, 0.3) is 0 Å². The summed E-state index contributed by atoms with van der Waals surface area (Å²) in [4.78, 5) is 13.5. The predicted molar refractivity (Wildman–Crippen MR) is 56.2 cm³/mol. The average Bonchev–Trinajstić information content (AvgIpc) is 2.79. The van der Waals surface area contributed by atoms with Crippen molar-refractivity contribution in [3.05, 3.63) is 23.7 Å². The van der Waals surface area contributed by atoms with E-state index >= 15 is 0 Å². The molecular formula is C11H14N2O3. The van der Waals surface area contributed by atoms with Crippen LogP contribution in [-0.4, -0.2) is 41.7 Å². The molecule has 5 heteroatoms. The Hall–Kier alpha value is -1.33. The largest absolute Gasteiger partial charge is 0.480 e. The van der Waals surface area contributed by atoms with E-state index in [9.17, 15) is 9.90 Å². The van der Waals surface area contributed by atoms with E-state index in [4.69, 9.17) is 4.42 Å². The molecule has 0 bridgehead atoms. The Morgan fingerprint density at radius 1 is 1.75 bits per heavy atom. The Morgan fingerprint density at radius 2 is 2.56 bits per heavy atom. The highest BCUT2D eigenvalue weighted by molar-refractivity contribution is 5.82. The number of fused-ring (bicyclic) bond motifs is 3. The van der Waals surface area contributed by atoms with Gasteiger partial charge in [0, 0.05) is 25.2 Å². The SMILES string of the molecule is CN1C[C@@H]2c3occc3CN[C@@]2(C(=O)O)C1. The van der Waals surface area contributed by atoms with Gasteiger partial charge in [-0.3, -0.25) is 10.1 Å². The molecule has 3 rings (SSSR count). The summed E-state index contributed by atoms with van der Waals surface area (Å²) in [6.45, 7) is 1.81. The number of likely N-dealkylation sites (N-methyl/N-ethyl adjacent to an activating group) is 1. The number of carboxylic acid groups (broad SMARTS) is 1. The van der Waals surface area contributed by atoms with Crippen LogP contribution in [0.5, 0.6) is 0 Å². The first-order chi connectivity index (χ1) is 7.63. The molecule has 0 spiro atoms. The number of furan rings is 1. The number of carbonyl (C=O) groups is 1. The fourth-order valence-electron chi connectivity index (χ4n) is 2.90. The van der Waals surface area contributed by atoms with Crippen LogP contribution >= 0.6 is 0 Å². The summed E-state index contributed by atoms with van der Waals surface area (Å²) >= 11 is 0. The van der Waals surface area contributed by atoms with Crippen molar-refractivity contribution in [1.82, 2.24) is 10.2 Å². The molecule has 2 aliphatic heterocycles. The molecule has 0 aliphatic carbocycles. The first-order valence-electron chi connectivity index (χ1n) is 5.37. The lowest BCUT2D eigenvalue weighted by atomic mass is 9.81. The highest BCUT2D eigenvalue weighted by Crippen LogP contribution is 2.41. The van der Waals surface area contributed by atoms with E-state index in [1.165, 1.54) is 0 Å². The minimum atomic E-state index is -0.875. The Bertz CT molecular complexity index is 442. The van der Waals surface area contributed by atoms with Gasteiger partial charge in [-0.15, -0.1) is 0 Å². The molecule has 1 aromatic rings. The van der Waals surface area contributed by atoms with Gasteiger partial charge in [0.05, 0.1) is 12.2 Å². The molecule has 3 heterocycles. The van der Waals surface area contributed by atoms with Crippen molar-refractivity contribution in [1.29, 1.82) is 0 Å². The zero-order valence-corrected chi connectivity index (χ0v) is 9.06. The van der Waals surface area contributed by atoms with E-state index in [0.29, 0.717) is 13.1 Å². The number of hydrogen-bond donors (Lipinski definition) is 2. The molecule has 0 amide bonds. The fourth-order valence-corrected chi connectivity index (χ4v) is 2.90. The molecule has 2 N–H and O–H groups in total. The normalized spacial score (nSPS) is 33.4. The molecule has 0 unspecified atom stereocenters. The molecule has 2 aliphatic rings. The third-order valence-corrected chi connectivity index (χ3v) is 3.68. The lowest BCUT2D eigenvalue weighted by molar-refractivity contribution is -0.145. The van der Waals surface area contributed by atoms with Gasteiger partial charge in [0.2, 0.25) is 0 Å². The standard InChI is InChI=1S/C11H14N2O3/c1-13-5-8-9-7(2-3-16-9)4-12-11(8,6-13)10(14)15/h2-3,8,12H,4-6H2,1H3,(H,14,15)/t8-,11+/m1/s1. The molecule has 2 atom stereocenters. The smallest absolute Gasteiger partial charge is 0.326 e. The Kier molecular flexibility index (Phi) is 1.90. The van der Waals surface area contributed by atoms with Crippen LogP contribution in [0.1, 0.15) is 17.2 Å². The third-order valence-electron chi connectivity index (χ3n) is 3.68. The summed E-state index contributed by atoms with van der Waals surface area (Å²) in [6, 6.07) is 1.91. The topological polar surface area (TPSA) is 65.7 Å². The van der Waals surface area contributed by atoms with Crippen LogP contribution in [0.2, 0.25) is 0 Å². The van der Waals surface area contributed by atoms with Gasteiger partial charge in [0.15, 0.2) is 0 Å². The second-order valence-corrected chi connectivity index (χ2v) is 4.69. The van der Waals surface area contributed by atoms with Gasteiger partial charge in [-0.05, 0) is 13.1 Å². The van der Waals surface area contributed by atoms with E-state index in [-0.39, 0.29) is 5.92 Å². The van der Waals surface area contributed by atoms with Crippen molar-refractivity contribution in [2.45, 2.75) is 18.0 Å². The number of rotatable bonds is 1. The fraction of sp³-hybridized carbons (Fsp3) is 0.545. The molecule has 1 saturated heterocycles. The van der Waals surface area contributed by atoms with Crippen molar-refractivity contribution < 1.29 is 14.3 Å². The molecule has 1 fully saturated rings. The minimum absolute atomic E-state index is 0.0891. The Labute approximate surface area is 93.0 Å². The maximum atomic E-state index is 11.5. The predicted octanol–water partition coefficient (Wildman–Crippen LogP) is 0.235. The molecule has 16 heavy (non-hydrogen) atoms. The number of hydrogen-bond acceptors (Lipinski definition) is 4. The number of nitrogens with zero attached hydrogens (tertiary/aromatic N) is 1. The summed E-state index contributed by atoms with van der Waals surface area (Å²) < 4.78 is 5.46. The van der Waals surface area contributed by atoms with Crippen LogP contribution < -0.4 is 5.32 Å². The van der Waals surface area contributed by atoms with Crippen molar-refractivity contribution in [3.8, 4) is 0 Å². The summed E-state index contributed by atoms with van der Waals surface area (Å²) in [7, 11) is 1.94. The first-order valence-corrected chi connectivity index (χ1v) is 5.37. The number of carboxylic acids is 1. The Balaban J connectivity index is 2.10. The van der Waals surface area contributed by atoms with E-state index in [2.05, 4.69) is 5.32 Å². The Morgan fingerprint density at radius 3 is 3.31 bits per heavy atom. The lowest BCUT2D eigenvalue weighted by Crippen LogP contribution is -2.58. The number of aliphatic carboxylic acids is 1. The summed E-state index contributed by atoms with van der Waals surface area (Å²) in [5, 5.41) is 12.6. The zero-order chi connectivity index (χ0) is 11.3. The maximum absolute atomic E-state index is 11.5. The van der Waals surface area contributed by atoms with Crippen LogP contribution in [-0.2, 0) is 11.3 Å². The van der Waals surface area contributed by atoms with Gasteiger partial charge in [-0.1, -0.05) is 0 Å². The van der Waals surface area contributed by atoms with Crippen molar-refractivity contribution in [2.24, 2.45) is 0 Å². The molecule has 0 saturated carbocycles. The van der Waals surface area contributed by atoms with E-state index in [1.54, 1.807) is 6.26 Å². The molecule has 86 valence electrons. The minimum Gasteiger partial charge on any atom is -0.480 e. The van der Waals surface area contributed by atoms with Crippen LogP contribution in [0, 0.1) is 0 Å². The number of nitrogens with one attached hydrogen (secondary N) is 1. The molecule has 0 radical (unpaired) electrons. The summed E-state index contributed by atoms with van der Waals surface area (Å²) in [6.07, 6.45) is 1.64. The van der Waals surface area contributed by atoms with E-state index in [1.807, 2.05) is 18.0 Å². The maximum Gasteiger partial charge on any atom is 0.326 e. The van der Waals surface area contributed by atoms with Gasteiger partial charge in [-0.25, -0.2) is 0 Å². The number of likely N-dealkylation sites (tertiary alicyclic amines) is 1. The molecule has 0 aromatic carbocycles. The van der Waals surface area contributed by atoms with Gasteiger partial charge < -0.3 is 14.4 Å². The van der Waals surface area contributed by atoms with Gasteiger partial charge in [0.1, 0.15) is 11.3 Å². The molecular weight excluding hydrogens is 208 g/mol. The van der Waals surface area contributed by atoms with Gasteiger partial charge in [-0.2, -0.15) is 0 Å². The highest BCUT2D eigenvalue weighted by Gasteiger charge is 2.55. The third kappa shape index (κ3) is 1.10. The monoisotopic (exact) mass is 222 g/mol. The van der Waals surface area contributed by atoms with Crippen molar-refractivity contribution in [3.63, 3.8) is 0 Å². The molecule has 1 aromatic heterocycles. The summed E-state index contributed by atoms with van der Waals surface area (Å²) in [5.74, 6) is -0.0387. The van der Waals surface area contributed by atoms with Crippen LogP contribution in [0.15, 0.2) is 16.7 Å². The molecule has 5 nitrogen and oxygen atoms in total. The van der Waals surface area contributed by atoms with Crippen molar-refractivity contribution in [2.75, 3.05) is 20.1 Å².